The summed E-state index contributed by atoms with van der Waals surface area (Å²) in [4.78, 5) is 2.50. The molecule has 1 atom stereocenters. The summed E-state index contributed by atoms with van der Waals surface area (Å²) in [5, 5.41) is 2.85. The average Bonchev–Trinajstić information content (AvgIpc) is 2.56. The van der Waals surface area contributed by atoms with Crippen molar-refractivity contribution < 1.29 is 0 Å². The molecule has 0 N–H and O–H groups in total. The predicted octanol–water partition coefficient (Wildman–Crippen LogP) is 5.19. The molecule has 116 valence electrons. The number of aryl methyl sites for hydroxylation is 2. The first kappa shape index (κ1) is 14.5. The minimum Gasteiger partial charge on any atom is -0.295 e. The predicted molar refractivity (Wildman–Crippen MR) is 97.8 cm³/mol. The summed E-state index contributed by atoms with van der Waals surface area (Å²) in [6, 6.07) is 20.6. The van der Waals surface area contributed by atoms with E-state index in [4.69, 9.17) is 0 Å². The summed E-state index contributed by atoms with van der Waals surface area (Å²) in [6.45, 7) is 5.48. The van der Waals surface area contributed by atoms with E-state index in [0.717, 1.165) is 13.0 Å². The van der Waals surface area contributed by atoms with Gasteiger partial charge >= 0.3 is 0 Å². The number of nitrogens with zero attached hydrogens (tertiary/aromatic N) is 1. The fraction of sp³-hybridized carbons (Fsp3) is 0.273. The lowest BCUT2D eigenvalue weighted by molar-refractivity contribution is 0.219. The molecule has 0 saturated carbocycles. The molecular formula is C22H23N. The Kier molecular flexibility index (Phi) is 3.46. The zero-order chi connectivity index (χ0) is 16.0. The van der Waals surface area contributed by atoms with Crippen LogP contribution in [0.15, 0.2) is 54.6 Å². The Morgan fingerprint density at radius 1 is 0.826 bits per heavy atom. The number of likely N-dealkylation sites (N-methyl/N-ethyl adjacent to an activating group) is 1. The Labute approximate surface area is 138 Å². The van der Waals surface area contributed by atoms with Crippen LogP contribution >= 0.6 is 0 Å². The maximum absolute atomic E-state index is 2.50. The molecule has 3 aromatic carbocycles. The van der Waals surface area contributed by atoms with Gasteiger partial charge in [-0.05, 0) is 65.9 Å². The van der Waals surface area contributed by atoms with E-state index in [1.807, 2.05) is 0 Å². The van der Waals surface area contributed by atoms with Gasteiger partial charge in [0.25, 0.3) is 0 Å². The van der Waals surface area contributed by atoms with Crippen molar-refractivity contribution in [2.45, 2.75) is 32.9 Å². The van der Waals surface area contributed by atoms with Crippen molar-refractivity contribution in [3.8, 4) is 0 Å². The third kappa shape index (κ3) is 2.36. The molecule has 0 amide bonds. The number of hydrogen-bond acceptors (Lipinski definition) is 1. The highest BCUT2D eigenvalue weighted by atomic mass is 15.1. The SMILES string of the molecule is Cc1ccc(C2Cc3ccccc3CN2C)c2c(C)cccc12. The van der Waals surface area contributed by atoms with Crippen molar-refractivity contribution >= 4 is 10.8 Å². The topological polar surface area (TPSA) is 3.24 Å². The van der Waals surface area contributed by atoms with Crippen LogP contribution in [-0.4, -0.2) is 11.9 Å². The molecule has 4 rings (SSSR count). The summed E-state index contributed by atoms with van der Waals surface area (Å²) in [5.41, 5.74) is 7.19. The van der Waals surface area contributed by atoms with Gasteiger partial charge in [0.2, 0.25) is 0 Å². The molecule has 0 radical (unpaired) electrons. The van der Waals surface area contributed by atoms with Gasteiger partial charge in [-0.15, -0.1) is 0 Å². The van der Waals surface area contributed by atoms with E-state index in [-0.39, 0.29) is 0 Å². The lowest BCUT2D eigenvalue weighted by Crippen LogP contribution is -2.31. The molecule has 1 heterocycles. The van der Waals surface area contributed by atoms with Gasteiger partial charge in [-0.2, -0.15) is 0 Å². The highest BCUT2D eigenvalue weighted by Gasteiger charge is 2.26. The quantitative estimate of drug-likeness (QED) is 0.598. The van der Waals surface area contributed by atoms with Gasteiger partial charge in [-0.3, -0.25) is 4.90 Å². The Morgan fingerprint density at radius 2 is 1.61 bits per heavy atom. The average molecular weight is 301 g/mol. The second-order valence-electron chi connectivity index (χ2n) is 6.87. The minimum atomic E-state index is 0.453. The third-order valence-electron chi connectivity index (χ3n) is 5.34. The van der Waals surface area contributed by atoms with Gasteiger partial charge in [0.15, 0.2) is 0 Å². The van der Waals surface area contributed by atoms with E-state index in [1.54, 1.807) is 0 Å². The van der Waals surface area contributed by atoms with Crippen LogP contribution in [0.3, 0.4) is 0 Å². The molecule has 23 heavy (non-hydrogen) atoms. The van der Waals surface area contributed by atoms with E-state index in [2.05, 4.69) is 80.4 Å². The first-order chi connectivity index (χ1) is 11.1. The number of hydrogen-bond donors (Lipinski definition) is 0. The summed E-state index contributed by atoms with van der Waals surface area (Å²) in [7, 11) is 2.25. The Morgan fingerprint density at radius 3 is 2.43 bits per heavy atom. The zero-order valence-electron chi connectivity index (χ0n) is 14.1. The van der Waals surface area contributed by atoms with Crippen LogP contribution in [0.1, 0.15) is 33.9 Å². The Hall–Kier alpha value is -2.12. The van der Waals surface area contributed by atoms with Crippen LogP contribution in [-0.2, 0) is 13.0 Å². The van der Waals surface area contributed by atoms with Crippen LogP contribution in [0.2, 0.25) is 0 Å². The second-order valence-corrected chi connectivity index (χ2v) is 6.87. The third-order valence-corrected chi connectivity index (χ3v) is 5.34. The van der Waals surface area contributed by atoms with E-state index in [9.17, 15) is 0 Å². The number of benzene rings is 3. The summed E-state index contributed by atoms with van der Waals surface area (Å²) in [5.74, 6) is 0. The van der Waals surface area contributed by atoms with Crippen molar-refractivity contribution in [1.82, 2.24) is 4.90 Å². The van der Waals surface area contributed by atoms with Gasteiger partial charge in [-0.25, -0.2) is 0 Å². The maximum atomic E-state index is 2.50. The molecule has 0 saturated heterocycles. The van der Waals surface area contributed by atoms with Crippen LogP contribution in [0.5, 0.6) is 0 Å². The molecule has 0 fully saturated rings. The summed E-state index contributed by atoms with van der Waals surface area (Å²) >= 11 is 0. The van der Waals surface area contributed by atoms with Crippen molar-refractivity contribution in [2.24, 2.45) is 0 Å². The Bertz CT molecular complexity index is 878. The first-order valence-corrected chi connectivity index (χ1v) is 8.41. The van der Waals surface area contributed by atoms with Gasteiger partial charge < -0.3 is 0 Å². The number of fused-ring (bicyclic) bond motifs is 2. The highest BCUT2D eigenvalue weighted by Crippen LogP contribution is 2.37. The maximum Gasteiger partial charge on any atom is 0.0395 e. The molecule has 1 aliphatic rings. The normalized spacial score (nSPS) is 18.1. The highest BCUT2D eigenvalue weighted by molar-refractivity contribution is 5.91. The molecule has 1 heteroatoms. The van der Waals surface area contributed by atoms with Crippen molar-refractivity contribution in [3.63, 3.8) is 0 Å². The molecule has 0 aliphatic carbocycles. The Balaban J connectivity index is 1.89. The number of rotatable bonds is 1. The van der Waals surface area contributed by atoms with E-state index in [0.29, 0.717) is 6.04 Å². The molecule has 1 unspecified atom stereocenters. The monoisotopic (exact) mass is 301 g/mol. The molecule has 0 spiro atoms. The van der Waals surface area contributed by atoms with E-state index >= 15 is 0 Å². The summed E-state index contributed by atoms with van der Waals surface area (Å²) in [6.07, 6.45) is 1.10. The van der Waals surface area contributed by atoms with Crippen molar-refractivity contribution in [1.29, 1.82) is 0 Å². The fourth-order valence-electron chi connectivity index (χ4n) is 4.05. The smallest absolute Gasteiger partial charge is 0.0395 e. The molecule has 1 nitrogen and oxygen atoms in total. The van der Waals surface area contributed by atoms with Gasteiger partial charge in [0.05, 0.1) is 0 Å². The van der Waals surface area contributed by atoms with E-state index < -0.39 is 0 Å². The van der Waals surface area contributed by atoms with Crippen LogP contribution in [0.4, 0.5) is 0 Å². The molecular weight excluding hydrogens is 278 g/mol. The fourth-order valence-corrected chi connectivity index (χ4v) is 4.05. The van der Waals surface area contributed by atoms with Crippen molar-refractivity contribution in [2.75, 3.05) is 7.05 Å². The second kappa shape index (κ2) is 5.50. The van der Waals surface area contributed by atoms with E-state index in [1.165, 1.54) is 38.6 Å². The van der Waals surface area contributed by atoms with Crippen LogP contribution in [0, 0.1) is 13.8 Å². The lowest BCUT2D eigenvalue weighted by atomic mass is 9.86. The largest absolute Gasteiger partial charge is 0.295 e. The molecule has 0 bridgehead atoms. The summed E-state index contributed by atoms with van der Waals surface area (Å²) < 4.78 is 0. The molecule has 1 aliphatic heterocycles. The van der Waals surface area contributed by atoms with Gasteiger partial charge in [0, 0.05) is 12.6 Å². The minimum absolute atomic E-state index is 0.453. The standard InChI is InChI=1S/C22H23N/c1-15-11-12-20(22-16(2)7-6-10-19(15)22)21-13-17-8-4-5-9-18(17)14-23(21)3/h4-12,21H,13-14H2,1-3H3. The first-order valence-electron chi connectivity index (χ1n) is 8.41. The van der Waals surface area contributed by atoms with Crippen LogP contribution < -0.4 is 0 Å². The van der Waals surface area contributed by atoms with Crippen molar-refractivity contribution in [3.05, 3.63) is 82.4 Å². The lowest BCUT2D eigenvalue weighted by Gasteiger charge is -2.35. The van der Waals surface area contributed by atoms with Gasteiger partial charge in [-0.1, -0.05) is 54.6 Å². The molecule has 3 aromatic rings. The van der Waals surface area contributed by atoms with Crippen LogP contribution in [0.25, 0.3) is 10.8 Å². The molecule has 0 aromatic heterocycles. The van der Waals surface area contributed by atoms with Gasteiger partial charge in [0.1, 0.15) is 0 Å². The zero-order valence-corrected chi connectivity index (χ0v) is 14.1.